The maximum Gasteiger partial charge on any atom is 0.112 e. The minimum Gasteiger partial charge on any atom is -0.298 e. The summed E-state index contributed by atoms with van der Waals surface area (Å²) in [6, 6.07) is 7.74. The lowest BCUT2D eigenvalue weighted by Gasteiger charge is -2.04. The van der Waals surface area contributed by atoms with Crippen molar-refractivity contribution in [3.05, 3.63) is 40.6 Å². The first-order valence-electron chi connectivity index (χ1n) is 4.28. The summed E-state index contributed by atoms with van der Waals surface area (Å²) in [5.74, 6) is 5.02. The van der Waals surface area contributed by atoms with E-state index in [4.69, 9.17) is 5.90 Å². The van der Waals surface area contributed by atoms with Crippen LogP contribution < -0.4 is 5.90 Å². The molecule has 6 heteroatoms. The molecule has 2 N–H and O–H groups in total. The third-order valence-corrected chi connectivity index (χ3v) is 2.40. The lowest BCUT2D eigenvalue weighted by Crippen LogP contribution is -2.06. The van der Waals surface area contributed by atoms with Gasteiger partial charge < -0.3 is 0 Å². The smallest absolute Gasteiger partial charge is 0.112 e. The van der Waals surface area contributed by atoms with Crippen LogP contribution >= 0.6 is 15.9 Å². The highest BCUT2D eigenvalue weighted by atomic mass is 79.9. The van der Waals surface area contributed by atoms with Gasteiger partial charge in [-0.2, -0.15) is 0 Å². The summed E-state index contributed by atoms with van der Waals surface area (Å²) in [6.07, 6.45) is 1.62. The Balaban J connectivity index is 2.40. The fourth-order valence-electron chi connectivity index (χ4n) is 1.27. The average Bonchev–Trinajstić information content (AvgIpc) is 2.66. The molecule has 0 unspecified atom stereocenters. The van der Waals surface area contributed by atoms with E-state index >= 15 is 0 Å². The third kappa shape index (κ3) is 2.23. The predicted molar refractivity (Wildman–Crippen MR) is 58.0 cm³/mol. The summed E-state index contributed by atoms with van der Waals surface area (Å²) in [7, 11) is 0. The van der Waals surface area contributed by atoms with Crippen molar-refractivity contribution in [2.75, 3.05) is 0 Å². The molecule has 15 heavy (non-hydrogen) atoms. The van der Waals surface area contributed by atoms with Crippen molar-refractivity contribution in [1.82, 2.24) is 15.0 Å². The number of halogens is 1. The standard InChI is InChI=1S/C9H9BrN4O/c10-7-2-1-3-8(4-7)14-9(6-15-11)5-12-13-14/h1-5H,6,11H2. The lowest BCUT2D eigenvalue weighted by atomic mass is 10.3. The van der Waals surface area contributed by atoms with Crippen LogP contribution in [0.15, 0.2) is 34.9 Å². The van der Waals surface area contributed by atoms with Gasteiger partial charge in [-0.05, 0) is 18.2 Å². The molecule has 0 radical (unpaired) electrons. The largest absolute Gasteiger partial charge is 0.298 e. The number of rotatable bonds is 3. The number of nitrogens with two attached hydrogens (primary N) is 1. The van der Waals surface area contributed by atoms with Crippen molar-refractivity contribution in [2.45, 2.75) is 6.61 Å². The first-order chi connectivity index (χ1) is 7.31. The van der Waals surface area contributed by atoms with Gasteiger partial charge in [0.1, 0.15) is 6.61 Å². The van der Waals surface area contributed by atoms with Gasteiger partial charge in [-0.15, -0.1) is 5.10 Å². The minimum absolute atomic E-state index is 0.277. The second-order valence-electron chi connectivity index (χ2n) is 2.93. The van der Waals surface area contributed by atoms with Gasteiger partial charge in [0.15, 0.2) is 0 Å². The molecule has 1 heterocycles. The first kappa shape index (κ1) is 10.3. The maximum absolute atomic E-state index is 5.02. The molecule has 0 bridgehead atoms. The quantitative estimate of drug-likeness (QED) is 0.856. The molecule has 2 rings (SSSR count). The molecule has 0 fully saturated rings. The summed E-state index contributed by atoms with van der Waals surface area (Å²) < 4.78 is 2.66. The van der Waals surface area contributed by atoms with Crippen molar-refractivity contribution in [3.63, 3.8) is 0 Å². The van der Waals surface area contributed by atoms with Crippen LogP contribution in [0, 0.1) is 0 Å². The molecule has 78 valence electrons. The van der Waals surface area contributed by atoms with E-state index in [0.29, 0.717) is 0 Å². The zero-order valence-corrected chi connectivity index (χ0v) is 9.39. The maximum atomic E-state index is 5.02. The molecule has 0 saturated carbocycles. The van der Waals surface area contributed by atoms with Gasteiger partial charge in [0.05, 0.1) is 17.6 Å². The van der Waals surface area contributed by atoms with E-state index in [1.165, 1.54) is 0 Å². The average molecular weight is 269 g/mol. The van der Waals surface area contributed by atoms with E-state index in [9.17, 15) is 0 Å². The number of nitrogens with zero attached hydrogens (tertiary/aromatic N) is 3. The normalized spacial score (nSPS) is 10.5. The Morgan fingerprint density at radius 1 is 1.47 bits per heavy atom. The van der Waals surface area contributed by atoms with E-state index in [-0.39, 0.29) is 6.61 Å². The Morgan fingerprint density at radius 2 is 2.33 bits per heavy atom. The van der Waals surface area contributed by atoms with Gasteiger partial charge in [0.25, 0.3) is 0 Å². The Bertz CT molecular complexity index is 457. The van der Waals surface area contributed by atoms with Crippen molar-refractivity contribution >= 4 is 15.9 Å². The highest BCUT2D eigenvalue weighted by molar-refractivity contribution is 9.10. The van der Waals surface area contributed by atoms with Crippen LogP contribution in [0.1, 0.15) is 5.69 Å². The third-order valence-electron chi connectivity index (χ3n) is 1.90. The Labute approximate surface area is 94.9 Å². The van der Waals surface area contributed by atoms with E-state index < -0.39 is 0 Å². The van der Waals surface area contributed by atoms with Crippen LogP contribution in [0.5, 0.6) is 0 Å². The highest BCUT2D eigenvalue weighted by Crippen LogP contribution is 2.15. The van der Waals surface area contributed by atoms with Gasteiger partial charge in [-0.3, -0.25) is 4.84 Å². The molecule has 1 aromatic carbocycles. The van der Waals surface area contributed by atoms with Gasteiger partial charge in [0.2, 0.25) is 0 Å². The van der Waals surface area contributed by atoms with E-state index in [0.717, 1.165) is 15.9 Å². The summed E-state index contributed by atoms with van der Waals surface area (Å²) >= 11 is 3.39. The summed E-state index contributed by atoms with van der Waals surface area (Å²) in [6.45, 7) is 0.277. The summed E-state index contributed by atoms with van der Waals surface area (Å²) in [5, 5.41) is 7.77. The molecule has 1 aromatic heterocycles. The molecular weight excluding hydrogens is 260 g/mol. The molecule has 0 aliphatic rings. The van der Waals surface area contributed by atoms with E-state index in [1.54, 1.807) is 10.9 Å². The molecule has 0 saturated heterocycles. The van der Waals surface area contributed by atoms with Crippen LogP contribution in [0.4, 0.5) is 0 Å². The van der Waals surface area contributed by atoms with Gasteiger partial charge in [-0.1, -0.05) is 27.2 Å². The Kier molecular flexibility index (Phi) is 3.10. The Morgan fingerprint density at radius 3 is 3.07 bits per heavy atom. The topological polar surface area (TPSA) is 66.0 Å². The van der Waals surface area contributed by atoms with Crippen LogP contribution in [0.2, 0.25) is 0 Å². The monoisotopic (exact) mass is 268 g/mol. The van der Waals surface area contributed by atoms with Crippen molar-refractivity contribution in [2.24, 2.45) is 5.90 Å². The van der Waals surface area contributed by atoms with E-state index in [2.05, 4.69) is 31.1 Å². The summed E-state index contributed by atoms with van der Waals surface area (Å²) in [4.78, 5) is 4.57. The molecule has 0 spiro atoms. The number of benzene rings is 1. The second kappa shape index (κ2) is 4.52. The zero-order valence-electron chi connectivity index (χ0n) is 7.80. The molecule has 0 aliphatic heterocycles. The van der Waals surface area contributed by atoms with Crippen molar-refractivity contribution in [3.8, 4) is 5.69 Å². The van der Waals surface area contributed by atoms with Gasteiger partial charge >= 0.3 is 0 Å². The molecule has 0 aliphatic carbocycles. The van der Waals surface area contributed by atoms with E-state index in [1.807, 2.05) is 24.3 Å². The zero-order chi connectivity index (χ0) is 10.7. The fraction of sp³-hybridized carbons (Fsp3) is 0.111. The minimum atomic E-state index is 0.277. The van der Waals surface area contributed by atoms with Crippen LogP contribution in [-0.4, -0.2) is 15.0 Å². The van der Waals surface area contributed by atoms with Gasteiger partial charge in [0, 0.05) is 4.47 Å². The number of aromatic nitrogens is 3. The Hall–Kier alpha value is -1.24. The molecule has 0 atom stereocenters. The molecular formula is C9H9BrN4O. The molecule has 0 amide bonds. The highest BCUT2D eigenvalue weighted by Gasteiger charge is 2.05. The van der Waals surface area contributed by atoms with Crippen molar-refractivity contribution < 1.29 is 4.84 Å². The first-order valence-corrected chi connectivity index (χ1v) is 5.08. The number of hydrogen-bond acceptors (Lipinski definition) is 4. The van der Waals surface area contributed by atoms with Crippen LogP contribution in [-0.2, 0) is 11.4 Å². The van der Waals surface area contributed by atoms with Crippen LogP contribution in [0.25, 0.3) is 5.69 Å². The summed E-state index contributed by atoms with van der Waals surface area (Å²) in [5.41, 5.74) is 1.71. The molecule has 2 aromatic rings. The lowest BCUT2D eigenvalue weighted by molar-refractivity contribution is 0.119. The van der Waals surface area contributed by atoms with Gasteiger partial charge in [-0.25, -0.2) is 10.6 Å². The predicted octanol–water partition coefficient (Wildman–Crippen LogP) is 1.42. The second-order valence-corrected chi connectivity index (χ2v) is 3.84. The van der Waals surface area contributed by atoms with Crippen LogP contribution in [0.3, 0.4) is 0 Å². The fourth-order valence-corrected chi connectivity index (χ4v) is 1.65. The van der Waals surface area contributed by atoms with Crippen molar-refractivity contribution in [1.29, 1.82) is 0 Å². The SMILES string of the molecule is NOCc1cnnn1-c1cccc(Br)c1. The molecule has 5 nitrogen and oxygen atoms in total. The number of hydrogen-bond donors (Lipinski definition) is 1.